The topological polar surface area (TPSA) is 120 Å². The predicted octanol–water partition coefficient (Wildman–Crippen LogP) is 1.76. The van der Waals surface area contributed by atoms with E-state index in [0.717, 1.165) is 23.5 Å². The summed E-state index contributed by atoms with van der Waals surface area (Å²) in [5, 5.41) is 24.8. The first-order chi connectivity index (χ1) is 13.2. The van der Waals surface area contributed by atoms with Crippen molar-refractivity contribution >= 4 is 17.6 Å². The summed E-state index contributed by atoms with van der Waals surface area (Å²) in [5.41, 5.74) is 3.67. The minimum atomic E-state index is -1.25. The summed E-state index contributed by atoms with van der Waals surface area (Å²) in [6.07, 6.45) is 3.37. The van der Waals surface area contributed by atoms with E-state index in [1.807, 2.05) is 31.6 Å². The molecule has 3 aromatic heterocycles. The van der Waals surface area contributed by atoms with Crippen molar-refractivity contribution in [2.75, 3.05) is 5.32 Å². The molecule has 0 saturated heterocycles. The zero-order chi connectivity index (χ0) is 20.6. The van der Waals surface area contributed by atoms with E-state index in [1.54, 1.807) is 18.7 Å². The van der Waals surface area contributed by atoms with Crippen LogP contribution in [-0.2, 0) is 20.1 Å². The number of nitrogens with zero attached hydrogens (tertiary/aromatic N) is 6. The number of nitrogens with one attached hydrogen (secondary N) is 1. The van der Waals surface area contributed by atoms with Gasteiger partial charge in [0.15, 0.2) is 5.69 Å². The zero-order valence-electron chi connectivity index (χ0n) is 16.5. The molecule has 148 valence electrons. The summed E-state index contributed by atoms with van der Waals surface area (Å²) in [7, 11) is 1.57. The fourth-order valence-electron chi connectivity index (χ4n) is 3.06. The van der Waals surface area contributed by atoms with Crippen LogP contribution in [0, 0.1) is 20.8 Å². The van der Waals surface area contributed by atoms with E-state index in [2.05, 4.69) is 20.6 Å². The van der Waals surface area contributed by atoms with Gasteiger partial charge in [0.2, 0.25) is 0 Å². The van der Waals surface area contributed by atoms with Gasteiger partial charge < -0.3 is 10.4 Å². The van der Waals surface area contributed by atoms with E-state index < -0.39 is 11.9 Å². The van der Waals surface area contributed by atoms with Gasteiger partial charge in [0, 0.05) is 31.5 Å². The number of hydrogen-bond acceptors (Lipinski definition) is 5. The lowest BCUT2D eigenvalue weighted by atomic mass is 10.2. The highest BCUT2D eigenvalue weighted by molar-refractivity contribution is 6.10. The molecule has 0 fully saturated rings. The maximum Gasteiger partial charge on any atom is 0.357 e. The maximum absolute atomic E-state index is 12.6. The van der Waals surface area contributed by atoms with Gasteiger partial charge in [-0.3, -0.25) is 18.8 Å². The molecule has 3 rings (SSSR count). The Hall–Kier alpha value is -3.43. The van der Waals surface area contributed by atoms with Crippen molar-refractivity contribution in [3.63, 3.8) is 0 Å². The van der Waals surface area contributed by atoms with Crippen LogP contribution in [-0.4, -0.2) is 46.3 Å². The number of aryl methyl sites for hydroxylation is 4. The quantitative estimate of drug-likeness (QED) is 0.667. The van der Waals surface area contributed by atoms with Crippen molar-refractivity contribution in [1.29, 1.82) is 0 Å². The van der Waals surface area contributed by atoms with E-state index in [1.165, 1.54) is 10.9 Å². The molecule has 0 spiro atoms. The molecule has 0 bridgehead atoms. The molecule has 1 amide bonds. The molecule has 0 atom stereocenters. The minimum Gasteiger partial charge on any atom is -0.476 e. The Balaban J connectivity index is 1.87. The van der Waals surface area contributed by atoms with Crippen LogP contribution in [0.1, 0.15) is 50.4 Å². The van der Waals surface area contributed by atoms with Crippen molar-refractivity contribution in [2.24, 2.45) is 7.05 Å². The Kier molecular flexibility index (Phi) is 5.04. The highest BCUT2D eigenvalue weighted by atomic mass is 16.4. The van der Waals surface area contributed by atoms with Gasteiger partial charge >= 0.3 is 5.97 Å². The lowest BCUT2D eigenvalue weighted by molar-refractivity contribution is 0.0685. The number of aromatic carboxylic acids is 1. The molecule has 10 heteroatoms. The second-order valence-corrected chi connectivity index (χ2v) is 6.62. The summed E-state index contributed by atoms with van der Waals surface area (Å²) in [6.45, 7) is 8.94. The van der Waals surface area contributed by atoms with E-state index in [4.69, 9.17) is 0 Å². The molecular formula is C18H23N7O3. The van der Waals surface area contributed by atoms with Crippen LogP contribution in [0.25, 0.3) is 0 Å². The van der Waals surface area contributed by atoms with Crippen LogP contribution in [0.15, 0.2) is 12.4 Å². The maximum atomic E-state index is 12.6. The first kappa shape index (κ1) is 19.3. The van der Waals surface area contributed by atoms with Crippen molar-refractivity contribution in [2.45, 2.75) is 40.8 Å². The van der Waals surface area contributed by atoms with E-state index >= 15 is 0 Å². The fraction of sp³-hybridized carbons (Fsp3) is 0.389. The number of carboxylic acids is 1. The Bertz CT molecular complexity index is 1060. The van der Waals surface area contributed by atoms with Gasteiger partial charge in [-0.1, -0.05) is 0 Å². The van der Waals surface area contributed by atoms with Crippen LogP contribution >= 0.6 is 0 Å². The van der Waals surface area contributed by atoms with Crippen molar-refractivity contribution in [3.05, 3.63) is 46.3 Å². The summed E-state index contributed by atoms with van der Waals surface area (Å²) in [4.78, 5) is 24.0. The van der Waals surface area contributed by atoms with Gasteiger partial charge in [0.1, 0.15) is 0 Å². The largest absolute Gasteiger partial charge is 0.476 e. The van der Waals surface area contributed by atoms with Gasteiger partial charge in [-0.05, 0) is 27.7 Å². The summed E-state index contributed by atoms with van der Waals surface area (Å²) in [6, 6.07) is 0. The second kappa shape index (κ2) is 7.29. The van der Waals surface area contributed by atoms with E-state index in [0.29, 0.717) is 17.9 Å². The van der Waals surface area contributed by atoms with Crippen molar-refractivity contribution in [3.8, 4) is 0 Å². The van der Waals surface area contributed by atoms with Gasteiger partial charge in [-0.25, -0.2) is 4.79 Å². The van der Waals surface area contributed by atoms with Gasteiger partial charge in [-0.15, -0.1) is 0 Å². The van der Waals surface area contributed by atoms with Crippen LogP contribution in [0.3, 0.4) is 0 Å². The second-order valence-electron chi connectivity index (χ2n) is 6.62. The highest BCUT2D eigenvalue weighted by Crippen LogP contribution is 2.22. The fourth-order valence-corrected chi connectivity index (χ4v) is 3.06. The third-order valence-electron chi connectivity index (χ3n) is 4.59. The molecule has 0 aliphatic rings. The average Bonchev–Trinajstić information content (AvgIpc) is 3.27. The van der Waals surface area contributed by atoms with Crippen molar-refractivity contribution in [1.82, 2.24) is 29.3 Å². The number of carbonyl (C=O) groups is 2. The van der Waals surface area contributed by atoms with Crippen molar-refractivity contribution < 1.29 is 14.7 Å². The average molecular weight is 385 g/mol. The molecular weight excluding hydrogens is 362 g/mol. The predicted molar refractivity (Wildman–Crippen MR) is 102 cm³/mol. The number of anilines is 1. The zero-order valence-corrected chi connectivity index (χ0v) is 16.5. The number of rotatable bonds is 6. The number of carbonyl (C=O) groups excluding carboxylic acids is 1. The van der Waals surface area contributed by atoms with E-state index in [-0.39, 0.29) is 11.3 Å². The number of hydrogen-bond donors (Lipinski definition) is 2. The standard InChI is InChI=1S/C18H23N7O3/c1-6-24-7-13(10(2)20-24)8-25-12(4)15(11(3)21-25)19-17(26)14-9-23(5)22-16(14)18(27)28/h7,9H,6,8H2,1-5H3,(H,19,26)(H,27,28). The molecule has 2 N–H and O–H groups in total. The smallest absolute Gasteiger partial charge is 0.357 e. The molecule has 10 nitrogen and oxygen atoms in total. The normalized spacial score (nSPS) is 11.0. The van der Waals surface area contributed by atoms with Crippen LogP contribution in [0.2, 0.25) is 0 Å². The monoisotopic (exact) mass is 385 g/mol. The summed E-state index contributed by atoms with van der Waals surface area (Å²) >= 11 is 0. The minimum absolute atomic E-state index is 0.00150. The van der Waals surface area contributed by atoms with Gasteiger partial charge in [-0.2, -0.15) is 15.3 Å². The molecule has 0 aliphatic heterocycles. The lowest BCUT2D eigenvalue weighted by Gasteiger charge is -2.06. The Morgan fingerprint density at radius 3 is 2.43 bits per heavy atom. The Morgan fingerprint density at radius 1 is 1.11 bits per heavy atom. The van der Waals surface area contributed by atoms with Crippen LogP contribution in [0.5, 0.6) is 0 Å². The van der Waals surface area contributed by atoms with E-state index in [9.17, 15) is 14.7 Å². The Morgan fingerprint density at radius 2 is 1.82 bits per heavy atom. The lowest BCUT2D eigenvalue weighted by Crippen LogP contribution is -2.16. The first-order valence-corrected chi connectivity index (χ1v) is 8.86. The third kappa shape index (κ3) is 3.53. The molecule has 3 aromatic rings. The molecule has 3 heterocycles. The number of amides is 1. The highest BCUT2D eigenvalue weighted by Gasteiger charge is 2.23. The number of aromatic nitrogens is 6. The van der Waals surface area contributed by atoms with Gasteiger partial charge in [0.25, 0.3) is 5.91 Å². The van der Waals surface area contributed by atoms with Gasteiger partial charge in [0.05, 0.1) is 34.9 Å². The molecule has 28 heavy (non-hydrogen) atoms. The number of carboxylic acid groups (broad SMARTS) is 1. The van der Waals surface area contributed by atoms with Crippen LogP contribution < -0.4 is 5.32 Å². The Labute approximate surface area is 161 Å². The molecule has 0 radical (unpaired) electrons. The molecule has 0 saturated carbocycles. The third-order valence-corrected chi connectivity index (χ3v) is 4.59. The molecule has 0 unspecified atom stereocenters. The molecule has 0 aliphatic carbocycles. The molecule has 0 aromatic carbocycles. The summed E-state index contributed by atoms with van der Waals surface area (Å²) < 4.78 is 4.97. The SMILES string of the molecule is CCn1cc(Cn2nc(C)c(NC(=O)c3cn(C)nc3C(=O)O)c2C)c(C)n1. The summed E-state index contributed by atoms with van der Waals surface area (Å²) in [5.74, 6) is -1.79. The van der Waals surface area contributed by atoms with Crippen LogP contribution in [0.4, 0.5) is 5.69 Å². The first-order valence-electron chi connectivity index (χ1n) is 8.86.